The predicted molar refractivity (Wildman–Crippen MR) is 143 cm³/mol. The Balaban J connectivity index is 1.94. The van der Waals surface area contributed by atoms with Crippen molar-refractivity contribution in [1.82, 2.24) is 10.2 Å². The molecule has 1 saturated carbocycles. The molecule has 35 heavy (non-hydrogen) atoms. The molecule has 0 bridgehead atoms. The molecule has 0 heterocycles. The van der Waals surface area contributed by atoms with Crippen molar-refractivity contribution in [1.29, 1.82) is 0 Å². The van der Waals surface area contributed by atoms with Gasteiger partial charge in [0.15, 0.2) is 0 Å². The molecule has 1 aliphatic carbocycles. The number of rotatable bonds is 10. The zero-order chi connectivity index (χ0) is 25.6. The second-order valence-corrected chi connectivity index (χ2v) is 11.8. The van der Waals surface area contributed by atoms with Gasteiger partial charge in [0.25, 0.3) is 0 Å². The first-order valence-corrected chi connectivity index (χ1v) is 14.6. The molecule has 1 N–H and O–H groups in total. The molecule has 3 rings (SSSR count). The molecule has 1 unspecified atom stereocenters. The van der Waals surface area contributed by atoms with Crippen LogP contribution in [0.1, 0.15) is 50.2 Å². The Labute approximate surface area is 217 Å². The number of aryl methyl sites for hydroxylation is 1. The van der Waals surface area contributed by atoms with Crippen LogP contribution in [0.25, 0.3) is 0 Å². The second-order valence-electron chi connectivity index (χ2n) is 9.08. The van der Waals surface area contributed by atoms with E-state index in [0.29, 0.717) is 16.6 Å². The van der Waals surface area contributed by atoms with Gasteiger partial charge in [-0.2, -0.15) is 0 Å². The maximum Gasteiger partial charge on any atom is 0.244 e. The fourth-order valence-corrected chi connectivity index (χ4v) is 5.98. The third-order valence-electron chi connectivity index (χ3n) is 6.49. The van der Waals surface area contributed by atoms with E-state index in [0.717, 1.165) is 47.4 Å². The van der Waals surface area contributed by atoms with Gasteiger partial charge < -0.3 is 10.2 Å². The van der Waals surface area contributed by atoms with Gasteiger partial charge in [0, 0.05) is 17.1 Å². The van der Waals surface area contributed by atoms with Gasteiger partial charge in [-0.3, -0.25) is 13.9 Å². The number of para-hydroxylation sites is 1. The molecule has 0 aromatic heterocycles. The molecule has 0 spiro atoms. The fourth-order valence-electron chi connectivity index (χ4n) is 4.51. The predicted octanol–water partition coefficient (Wildman–Crippen LogP) is 4.39. The molecule has 190 valence electrons. The van der Waals surface area contributed by atoms with Crippen molar-refractivity contribution in [3.8, 4) is 0 Å². The molecule has 1 atom stereocenters. The lowest BCUT2D eigenvalue weighted by Crippen LogP contribution is -2.53. The van der Waals surface area contributed by atoms with E-state index in [4.69, 9.17) is 0 Å². The number of amides is 2. The number of nitrogens with one attached hydrogen (secondary N) is 1. The first kappa shape index (κ1) is 27.2. The number of hydrogen-bond acceptors (Lipinski definition) is 4. The molecule has 9 heteroatoms. The van der Waals surface area contributed by atoms with E-state index >= 15 is 0 Å². The Hall–Kier alpha value is -2.39. The van der Waals surface area contributed by atoms with Crippen molar-refractivity contribution in [2.75, 3.05) is 17.1 Å². The highest BCUT2D eigenvalue weighted by Crippen LogP contribution is 2.28. The molecular weight excluding hydrogens is 530 g/mol. The van der Waals surface area contributed by atoms with Crippen LogP contribution < -0.4 is 9.62 Å². The van der Waals surface area contributed by atoms with E-state index in [1.165, 1.54) is 4.90 Å². The van der Waals surface area contributed by atoms with Gasteiger partial charge in [0.2, 0.25) is 21.8 Å². The highest BCUT2D eigenvalue weighted by atomic mass is 79.9. The summed E-state index contributed by atoms with van der Waals surface area (Å²) in [5.41, 5.74) is 2.30. The molecule has 0 radical (unpaired) electrons. The average Bonchev–Trinajstić information content (AvgIpc) is 3.31. The number of carbonyl (C=O) groups excluding carboxylic acids is 2. The summed E-state index contributed by atoms with van der Waals surface area (Å²) in [5, 5.41) is 3.12. The standard InChI is InChI=1S/C26H34BrN3O4S/c1-4-23(26(32)28-21-13-7-8-14-21)29(17-20-12-6-5-11-19(20)2)25(31)18-30(35(3,33)34)24-16-10-9-15-22(24)27/h5-6,9-12,15-16,21,23H,4,7-8,13-14,17-18H2,1-3H3,(H,28,32). The minimum Gasteiger partial charge on any atom is -0.352 e. The van der Waals surface area contributed by atoms with Gasteiger partial charge >= 0.3 is 0 Å². The number of nitrogens with zero attached hydrogens (tertiary/aromatic N) is 2. The topological polar surface area (TPSA) is 86.8 Å². The summed E-state index contributed by atoms with van der Waals surface area (Å²) in [6, 6.07) is 14.0. The molecule has 0 saturated heterocycles. The van der Waals surface area contributed by atoms with Crippen LogP contribution in [0.2, 0.25) is 0 Å². The quantitative estimate of drug-likeness (QED) is 0.464. The van der Waals surface area contributed by atoms with E-state index in [2.05, 4.69) is 21.2 Å². The van der Waals surface area contributed by atoms with Crippen molar-refractivity contribution in [3.05, 3.63) is 64.1 Å². The molecule has 2 aromatic rings. The highest BCUT2D eigenvalue weighted by molar-refractivity contribution is 9.10. The van der Waals surface area contributed by atoms with Crippen molar-refractivity contribution < 1.29 is 18.0 Å². The SMILES string of the molecule is CCC(C(=O)NC1CCCC1)N(Cc1ccccc1C)C(=O)CN(c1ccccc1Br)S(C)(=O)=O. The van der Waals surface area contributed by atoms with Crippen molar-refractivity contribution in [3.63, 3.8) is 0 Å². The Morgan fingerprint density at radius 1 is 1.09 bits per heavy atom. The summed E-state index contributed by atoms with van der Waals surface area (Å²) in [5.74, 6) is -0.615. The first-order chi connectivity index (χ1) is 16.6. The lowest BCUT2D eigenvalue weighted by atomic mass is 10.1. The number of benzene rings is 2. The Morgan fingerprint density at radius 2 is 1.71 bits per heavy atom. The Morgan fingerprint density at radius 3 is 2.31 bits per heavy atom. The summed E-state index contributed by atoms with van der Waals surface area (Å²) in [7, 11) is -3.77. The van der Waals surface area contributed by atoms with E-state index in [-0.39, 0.29) is 18.5 Å². The van der Waals surface area contributed by atoms with Crippen LogP contribution in [0.4, 0.5) is 5.69 Å². The van der Waals surface area contributed by atoms with Gasteiger partial charge in [-0.25, -0.2) is 8.42 Å². The summed E-state index contributed by atoms with van der Waals surface area (Å²) in [4.78, 5) is 28.6. The monoisotopic (exact) mass is 563 g/mol. The van der Waals surface area contributed by atoms with Crippen LogP contribution in [0.3, 0.4) is 0 Å². The normalized spacial score (nSPS) is 15.0. The second kappa shape index (κ2) is 12.0. The van der Waals surface area contributed by atoms with Crippen molar-refractivity contribution in [2.45, 2.75) is 64.6 Å². The summed E-state index contributed by atoms with van der Waals surface area (Å²) in [6.45, 7) is 3.65. The maximum absolute atomic E-state index is 13.8. The average molecular weight is 565 g/mol. The van der Waals surface area contributed by atoms with Crippen LogP contribution in [0, 0.1) is 6.92 Å². The number of anilines is 1. The summed E-state index contributed by atoms with van der Waals surface area (Å²) >= 11 is 3.40. The van der Waals surface area contributed by atoms with Crippen LogP contribution in [0.15, 0.2) is 53.0 Å². The van der Waals surface area contributed by atoms with Crippen LogP contribution in [-0.4, -0.2) is 50.0 Å². The molecule has 2 aromatic carbocycles. The van der Waals surface area contributed by atoms with Crippen molar-refractivity contribution >= 4 is 43.5 Å². The Bertz CT molecular complexity index is 1150. The summed E-state index contributed by atoms with van der Waals surface area (Å²) < 4.78 is 27.1. The maximum atomic E-state index is 13.8. The van der Waals surface area contributed by atoms with Crippen LogP contribution in [0.5, 0.6) is 0 Å². The highest BCUT2D eigenvalue weighted by Gasteiger charge is 2.33. The molecule has 1 fully saturated rings. The third kappa shape index (κ3) is 7.07. The zero-order valence-corrected chi connectivity index (χ0v) is 22.9. The molecule has 7 nitrogen and oxygen atoms in total. The van der Waals surface area contributed by atoms with Gasteiger partial charge in [0.05, 0.1) is 11.9 Å². The smallest absolute Gasteiger partial charge is 0.244 e. The van der Waals surface area contributed by atoms with Gasteiger partial charge in [-0.15, -0.1) is 0 Å². The van der Waals surface area contributed by atoms with E-state index in [1.807, 2.05) is 38.1 Å². The molecule has 1 aliphatic rings. The zero-order valence-electron chi connectivity index (χ0n) is 20.5. The van der Waals surface area contributed by atoms with Gasteiger partial charge in [-0.05, 0) is 65.4 Å². The molecule has 2 amide bonds. The number of hydrogen-bond donors (Lipinski definition) is 1. The van der Waals surface area contributed by atoms with E-state index < -0.39 is 28.5 Å². The number of carbonyl (C=O) groups is 2. The molecule has 0 aliphatic heterocycles. The van der Waals surface area contributed by atoms with E-state index in [1.54, 1.807) is 24.3 Å². The third-order valence-corrected chi connectivity index (χ3v) is 8.29. The van der Waals surface area contributed by atoms with E-state index in [9.17, 15) is 18.0 Å². The first-order valence-electron chi connectivity index (χ1n) is 12.0. The minimum absolute atomic E-state index is 0.125. The van der Waals surface area contributed by atoms with Crippen LogP contribution in [-0.2, 0) is 26.2 Å². The van der Waals surface area contributed by atoms with Gasteiger partial charge in [-0.1, -0.05) is 56.2 Å². The van der Waals surface area contributed by atoms with Gasteiger partial charge in [0.1, 0.15) is 12.6 Å². The lowest BCUT2D eigenvalue weighted by molar-refractivity contribution is -0.140. The van der Waals surface area contributed by atoms with Crippen molar-refractivity contribution in [2.24, 2.45) is 0 Å². The van der Waals surface area contributed by atoms with Crippen LogP contribution >= 0.6 is 15.9 Å². The number of sulfonamides is 1. The largest absolute Gasteiger partial charge is 0.352 e. The lowest BCUT2D eigenvalue weighted by Gasteiger charge is -2.34. The minimum atomic E-state index is -3.77. The summed E-state index contributed by atoms with van der Waals surface area (Å²) in [6.07, 6.45) is 5.56. The number of halogens is 1. The Kier molecular flexibility index (Phi) is 9.35. The fraction of sp³-hybridized carbons (Fsp3) is 0.462. The molecular formula is C26H34BrN3O4S.